The number of carbonyl (C=O) groups excluding carboxylic acids is 2. The molecule has 0 bridgehead atoms. The van der Waals surface area contributed by atoms with Crippen LogP contribution in [0, 0.1) is 5.92 Å². The van der Waals surface area contributed by atoms with Crippen molar-refractivity contribution < 1.29 is 9.59 Å². The molecule has 1 fully saturated rings. The van der Waals surface area contributed by atoms with Gasteiger partial charge in [-0.3, -0.25) is 9.59 Å². The molecule has 0 radical (unpaired) electrons. The number of hydrogen-bond acceptors (Lipinski definition) is 4. The topological polar surface area (TPSA) is 74.3 Å². The van der Waals surface area contributed by atoms with Gasteiger partial charge < -0.3 is 15.5 Å². The molecular weight excluding hydrogens is 280 g/mol. The maximum absolute atomic E-state index is 11.9. The number of pyridine rings is 1. The Hall–Kier alpha value is -2.11. The van der Waals surface area contributed by atoms with Gasteiger partial charge in [-0.2, -0.15) is 0 Å². The summed E-state index contributed by atoms with van der Waals surface area (Å²) < 4.78 is 0. The molecule has 6 nitrogen and oxygen atoms in total. The maximum Gasteiger partial charge on any atom is 0.252 e. The van der Waals surface area contributed by atoms with Crippen LogP contribution in [0.5, 0.6) is 0 Å². The Morgan fingerprint density at radius 2 is 2.05 bits per heavy atom. The van der Waals surface area contributed by atoms with Crippen molar-refractivity contribution in [2.45, 2.75) is 26.2 Å². The van der Waals surface area contributed by atoms with Crippen LogP contribution >= 0.6 is 0 Å². The number of carbonyl (C=O) groups is 2. The molecular formula is C16H24N4O2. The second-order valence-corrected chi connectivity index (χ2v) is 5.75. The van der Waals surface area contributed by atoms with E-state index in [0.29, 0.717) is 12.1 Å². The summed E-state index contributed by atoms with van der Waals surface area (Å²) in [6.45, 7) is 4.64. The summed E-state index contributed by atoms with van der Waals surface area (Å²) in [6, 6.07) is 3.68. The van der Waals surface area contributed by atoms with Gasteiger partial charge in [-0.05, 0) is 30.9 Å². The summed E-state index contributed by atoms with van der Waals surface area (Å²) >= 11 is 0. The molecule has 0 atom stereocenters. The molecule has 1 aromatic rings. The molecule has 2 N–H and O–H groups in total. The first-order valence-corrected chi connectivity index (χ1v) is 7.80. The van der Waals surface area contributed by atoms with Crippen LogP contribution < -0.4 is 15.5 Å². The molecule has 0 unspecified atom stereocenters. The van der Waals surface area contributed by atoms with E-state index in [1.165, 1.54) is 12.8 Å². The van der Waals surface area contributed by atoms with E-state index in [4.69, 9.17) is 0 Å². The molecule has 0 aliphatic carbocycles. The van der Waals surface area contributed by atoms with Crippen molar-refractivity contribution in [3.05, 3.63) is 23.9 Å². The molecule has 120 valence electrons. The monoisotopic (exact) mass is 304 g/mol. The summed E-state index contributed by atoms with van der Waals surface area (Å²) in [7, 11) is 1.58. The van der Waals surface area contributed by atoms with E-state index >= 15 is 0 Å². The highest BCUT2D eigenvalue weighted by molar-refractivity contribution is 5.94. The molecule has 2 heterocycles. The van der Waals surface area contributed by atoms with Crippen LogP contribution in [-0.2, 0) is 4.79 Å². The van der Waals surface area contributed by atoms with Crippen LogP contribution in [0.25, 0.3) is 0 Å². The Morgan fingerprint density at radius 3 is 2.64 bits per heavy atom. The standard InChI is InChI=1S/C16H24N4O2/c1-12-6-9-20(10-7-12)14-4-3-13(11-19-14)16(22)18-8-5-15(21)17-2/h3-4,11-12H,5-10H2,1-2H3,(H,17,21)(H,18,22). The summed E-state index contributed by atoms with van der Waals surface area (Å²) in [5, 5.41) is 5.23. The third-order valence-electron chi connectivity index (χ3n) is 4.03. The summed E-state index contributed by atoms with van der Waals surface area (Å²) in [4.78, 5) is 29.7. The van der Waals surface area contributed by atoms with Crippen LogP contribution in [0.1, 0.15) is 36.5 Å². The zero-order valence-corrected chi connectivity index (χ0v) is 13.3. The summed E-state index contributed by atoms with van der Waals surface area (Å²) in [6.07, 6.45) is 4.25. The molecule has 22 heavy (non-hydrogen) atoms. The smallest absolute Gasteiger partial charge is 0.252 e. The van der Waals surface area contributed by atoms with E-state index in [0.717, 1.165) is 24.8 Å². The van der Waals surface area contributed by atoms with Crippen molar-refractivity contribution in [1.82, 2.24) is 15.6 Å². The van der Waals surface area contributed by atoms with Crippen molar-refractivity contribution in [3.8, 4) is 0 Å². The molecule has 6 heteroatoms. The molecule has 1 aliphatic heterocycles. The average Bonchev–Trinajstić information content (AvgIpc) is 2.55. The van der Waals surface area contributed by atoms with Crippen molar-refractivity contribution >= 4 is 17.6 Å². The minimum absolute atomic E-state index is 0.0897. The van der Waals surface area contributed by atoms with Gasteiger partial charge in [-0.15, -0.1) is 0 Å². The number of nitrogens with one attached hydrogen (secondary N) is 2. The quantitative estimate of drug-likeness (QED) is 0.857. The lowest BCUT2D eigenvalue weighted by atomic mass is 9.99. The Bertz CT molecular complexity index is 507. The lowest BCUT2D eigenvalue weighted by Gasteiger charge is -2.31. The highest BCUT2D eigenvalue weighted by Crippen LogP contribution is 2.21. The molecule has 2 rings (SSSR count). The number of anilines is 1. The predicted octanol–water partition coefficient (Wildman–Crippen LogP) is 1.18. The first kappa shape index (κ1) is 16.3. The Balaban J connectivity index is 1.85. The van der Waals surface area contributed by atoms with Crippen molar-refractivity contribution in [1.29, 1.82) is 0 Å². The SMILES string of the molecule is CNC(=O)CCNC(=O)c1ccc(N2CCC(C)CC2)nc1. The molecule has 1 aromatic heterocycles. The van der Waals surface area contributed by atoms with Crippen LogP contribution in [0.4, 0.5) is 5.82 Å². The first-order valence-electron chi connectivity index (χ1n) is 7.80. The van der Waals surface area contributed by atoms with Gasteiger partial charge in [0, 0.05) is 39.3 Å². The lowest BCUT2D eigenvalue weighted by Crippen LogP contribution is -2.33. The maximum atomic E-state index is 11.9. The average molecular weight is 304 g/mol. The van der Waals surface area contributed by atoms with E-state index in [2.05, 4.69) is 27.4 Å². The van der Waals surface area contributed by atoms with Crippen molar-refractivity contribution in [2.75, 3.05) is 31.6 Å². The minimum atomic E-state index is -0.199. The van der Waals surface area contributed by atoms with E-state index in [-0.39, 0.29) is 18.2 Å². The van der Waals surface area contributed by atoms with Gasteiger partial charge in [0.2, 0.25) is 5.91 Å². The zero-order valence-electron chi connectivity index (χ0n) is 13.3. The zero-order chi connectivity index (χ0) is 15.9. The van der Waals surface area contributed by atoms with Crippen molar-refractivity contribution in [2.24, 2.45) is 5.92 Å². The number of amides is 2. The number of aromatic nitrogens is 1. The van der Waals surface area contributed by atoms with E-state index in [9.17, 15) is 9.59 Å². The number of nitrogens with zero attached hydrogens (tertiary/aromatic N) is 2. The lowest BCUT2D eigenvalue weighted by molar-refractivity contribution is -0.120. The van der Waals surface area contributed by atoms with Gasteiger partial charge in [0.15, 0.2) is 0 Å². The molecule has 2 amide bonds. The molecule has 0 aromatic carbocycles. The number of rotatable bonds is 5. The van der Waals surface area contributed by atoms with Gasteiger partial charge >= 0.3 is 0 Å². The molecule has 0 spiro atoms. The minimum Gasteiger partial charge on any atom is -0.359 e. The fourth-order valence-corrected chi connectivity index (χ4v) is 2.46. The predicted molar refractivity (Wildman–Crippen MR) is 85.9 cm³/mol. The van der Waals surface area contributed by atoms with Crippen LogP contribution in [-0.4, -0.2) is 43.5 Å². The van der Waals surface area contributed by atoms with E-state index in [1.807, 2.05) is 6.07 Å². The van der Waals surface area contributed by atoms with Crippen LogP contribution in [0.2, 0.25) is 0 Å². The fraction of sp³-hybridized carbons (Fsp3) is 0.562. The summed E-state index contributed by atoms with van der Waals surface area (Å²) in [5.41, 5.74) is 0.519. The first-order chi connectivity index (χ1) is 10.6. The Morgan fingerprint density at radius 1 is 1.32 bits per heavy atom. The Labute approximate surface area is 131 Å². The second-order valence-electron chi connectivity index (χ2n) is 5.75. The molecule has 0 saturated carbocycles. The summed E-state index contributed by atoms with van der Waals surface area (Å²) in [5.74, 6) is 1.42. The Kier molecular flexibility index (Phi) is 5.75. The van der Waals surface area contributed by atoms with Gasteiger partial charge in [-0.25, -0.2) is 4.98 Å². The van der Waals surface area contributed by atoms with Crippen molar-refractivity contribution in [3.63, 3.8) is 0 Å². The second kappa shape index (κ2) is 7.77. The van der Waals surface area contributed by atoms with Gasteiger partial charge in [0.25, 0.3) is 5.91 Å². The number of hydrogen-bond donors (Lipinski definition) is 2. The number of piperidine rings is 1. The van der Waals surface area contributed by atoms with Gasteiger partial charge in [0.05, 0.1) is 5.56 Å². The highest BCUT2D eigenvalue weighted by Gasteiger charge is 2.17. The largest absolute Gasteiger partial charge is 0.359 e. The van der Waals surface area contributed by atoms with Gasteiger partial charge in [0.1, 0.15) is 5.82 Å². The highest BCUT2D eigenvalue weighted by atomic mass is 16.2. The third kappa shape index (κ3) is 4.44. The van der Waals surface area contributed by atoms with E-state index in [1.54, 1.807) is 19.3 Å². The normalized spacial score (nSPS) is 15.5. The van der Waals surface area contributed by atoms with E-state index < -0.39 is 0 Å². The fourth-order valence-electron chi connectivity index (χ4n) is 2.46. The van der Waals surface area contributed by atoms with Crippen LogP contribution in [0.15, 0.2) is 18.3 Å². The van der Waals surface area contributed by atoms with Gasteiger partial charge in [-0.1, -0.05) is 6.92 Å². The van der Waals surface area contributed by atoms with Crippen LogP contribution in [0.3, 0.4) is 0 Å². The molecule has 1 aliphatic rings. The molecule has 1 saturated heterocycles. The third-order valence-corrected chi connectivity index (χ3v) is 4.03.